The molecule has 1 heterocycles. The van der Waals surface area contributed by atoms with Crippen molar-refractivity contribution in [1.29, 1.82) is 0 Å². The molecule has 0 amide bonds. The lowest BCUT2D eigenvalue weighted by Crippen LogP contribution is -2.44. The molecule has 21 heavy (non-hydrogen) atoms. The number of piperidine rings is 1. The van der Waals surface area contributed by atoms with Gasteiger partial charge in [-0.15, -0.1) is 6.58 Å². The molecule has 0 aliphatic carbocycles. The molecule has 0 unspecified atom stereocenters. The number of rotatable bonds is 4. The number of sulfonamides is 1. The summed E-state index contributed by atoms with van der Waals surface area (Å²) in [5.41, 5.74) is 1.92. The van der Waals surface area contributed by atoms with Crippen molar-refractivity contribution in [2.45, 2.75) is 31.6 Å². The van der Waals surface area contributed by atoms with Gasteiger partial charge >= 0.3 is 0 Å². The summed E-state index contributed by atoms with van der Waals surface area (Å²) >= 11 is 0. The lowest BCUT2D eigenvalue weighted by molar-refractivity contribution is -0.125. The molecule has 0 radical (unpaired) electrons. The van der Waals surface area contributed by atoms with E-state index in [0.717, 1.165) is 11.1 Å². The van der Waals surface area contributed by atoms with Crippen LogP contribution in [-0.4, -0.2) is 31.6 Å². The van der Waals surface area contributed by atoms with Crippen LogP contribution in [0.15, 0.2) is 41.3 Å². The highest BCUT2D eigenvalue weighted by molar-refractivity contribution is 7.89. The van der Waals surface area contributed by atoms with E-state index in [1.54, 1.807) is 24.3 Å². The fraction of sp³-hybridized carbons (Fsp3) is 0.438. The Kier molecular flexibility index (Phi) is 4.64. The molecule has 5 heteroatoms. The van der Waals surface area contributed by atoms with Gasteiger partial charge in [0, 0.05) is 25.4 Å². The van der Waals surface area contributed by atoms with E-state index in [4.69, 9.17) is 0 Å². The third-order valence-electron chi connectivity index (χ3n) is 3.74. The van der Waals surface area contributed by atoms with Crippen LogP contribution in [0.1, 0.15) is 25.3 Å². The van der Waals surface area contributed by atoms with Gasteiger partial charge in [0.05, 0.1) is 4.90 Å². The van der Waals surface area contributed by atoms with E-state index in [1.807, 2.05) is 13.8 Å². The summed E-state index contributed by atoms with van der Waals surface area (Å²) in [6.45, 7) is 8.11. The summed E-state index contributed by atoms with van der Waals surface area (Å²) in [6.07, 6.45) is 0.835. The molecule has 0 spiro atoms. The molecule has 1 fully saturated rings. The Morgan fingerprint density at radius 3 is 2.52 bits per heavy atom. The van der Waals surface area contributed by atoms with Crippen LogP contribution in [0.4, 0.5) is 0 Å². The van der Waals surface area contributed by atoms with E-state index in [-0.39, 0.29) is 36.1 Å². The van der Waals surface area contributed by atoms with E-state index >= 15 is 0 Å². The maximum Gasteiger partial charge on any atom is 0.243 e. The number of hydrogen-bond acceptors (Lipinski definition) is 3. The molecule has 1 aromatic rings. The predicted octanol–water partition coefficient (Wildman–Crippen LogP) is 2.54. The van der Waals surface area contributed by atoms with Gasteiger partial charge in [0.25, 0.3) is 0 Å². The Labute approximate surface area is 126 Å². The van der Waals surface area contributed by atoms with E-state index in [0.29, 0.717) is 6.42 Å². The maximum absolute atomic E-state index is 12.6. The quantitative estimate of drug-likeness (QED) is 0.803. The highest BCUT2D eigenvalue weighted by Gasteiger charge is 2.34. The largest absolute Gasteiger partial charge is 0.299 e. The first kappa shape index (κ1) is 15.9. The van der Waals surface area contributed by atoms with Gasteiger partial charge in [0.15, 0.2) is 0 Å². The van der Waals surface area contributed by atoms with Crippen LogP contribution in [0.5, 0.6) is 0 Å². The fourth-order valence-electron chi connectivity index (χ4n) is 2.55. The van der Waals surface area contributed by atoms with Crippen molar-refractivity contribution in [2.24, 2.45) is 5.92 Å². The number of hydrogen-bond donors (Lipinski definition) is 0. The average Bonchev–Trinajstić information content (AvgIpc) is 2.41. The number of carbonyl (C=O) groups excluding carboxylic acids is 1. The van der Waals surface area contributed by atoms with E-state index in [2.05, 4.69) is 6.58 Å². The Hall–Kier alpha value is -1.46. The Morgan fingerprint density at radius 2 is 1.95 bits per heavy atom. The van der Waals surface area contributed by atoms with Crippen molar-refractivity contribution in [1.82, 2.24) is 4.31 Å². The van der Waals surface area contributed by atoms with Crippen LogP contribution in [0.2, 0.25) is 0 Å². The number of carbonyl (C=O) groups is 1. The van der Waals surface area contributed by atoms with Gasteiger partial charge in [-0.2, -0.15) is 4.31 Å². The minimum absolute atomic E-state index is 0.133. The highest BCUT2D eigenvalue weighted by atomic mass is 32.2. The lowest BCUT2D eigenvalue weighted by atomic mass is 9.92. The molecular weight excluding hydrogens is 286 g/mol. The van der Waals surface area contributed by atoms with Gasteiger partial charge in [-0.1, -0.05) is 23.3 Å². The zero-order chi connectivity index (χ0) is 15.6. The Morgan fingerprint density at radius 1 is 1.33 bits per heavy atom. The summed E-state index contributed by atoms with van der Waals surface area (Å²) in [5, 5.41) is 0. The minimum Gasteiger partial charge on any atom is -0.299 e. The Bertz CT molecular complexity index is 647. The topological polar surface area (TPSA) is 54.5 Å². The second kappa shape index (κ2) is 6.12. The minimum atomic E-state index is -3.52. The van der Waals surface area contributed by atoms with Crippen LogP contribution in [-0.2, 0) is 14.8 Å². The molecule has 1 aromatic carbocycles. The summed E-state index contributed by atoms with van der Waals surface area (Å²) in [6, 6.07) is 6.81. The third-order valence-corrected chi connectivity index (χ3v) is 5.62. The second-order valence-corrected chi connectivity index (χ2v) is 7.69. The number of aryl methyl sites for hydroxylation is 1. The summed E-state index contributed by atoms with van der Waals surface area (Å²) < 4.78 is 26.7. The van der Waals surface area contributed by atoms with Crippen molar-refractivity contribution in [3.8, 4) is 0 Å². The molecule has 2 rings (SSSR count). The zero-order valence-corrected chi connectivity index (χ0v) is 13.3. The molecule has 0 bridgehead atoms. The second-order valence-electron chi connectivity index (χ2n) is 5.75. The molecule has 0 N–H and O–H groups in total. The van der Waals surface area contributed by atoms with Crippen LogP contribution in [0, 0.1) is 12.8 Å². The van der Waals surface area contributed by atoms with Crippen molar-refractivity contribution in [3.63, 3.8) is 0 Å². The smallest absolute Gasteiger partial charge is 0.243 e. The lowest BCUT2D eigenvalue weighted by Gasteiger charge is -2.31. The Balaban J connectivity index is 2.22. The molecule has 1 aliphatic rings. The molecule has 1 saturated heterocycles. The average molecular weight is 307 g/mol. The van der Waals surface area contributed by atoms with Crippen LogP contribution < -0.4 is 0 Å². The van der Waals surface area contributed by atoms with Gasteiger partial charge in [-0.25, -0.2) is 8.42 Å². The predicted molar refractivity (Wildman–Crippen MR) is 82.5 cm³/mol. The zero-order valence-electron chi connectivity index (χ0n) is 12.5. The number of ketones is 1. The van der Waals surface area contributed by atoms with Crippen LogP contribution >= 0.6 is 0 Å². The molecule has 114 valence electrons. The van der Waals surface area contributed by atoms with E-state index < -0.39 is 10.0 Å². The van der Waals surface area contributed by atoms with Gasteiger partial charge in [0.1, 0.15) is 5.78 Å². The summed E-state index contributed by atoms with van der Waals surface area (Å²) in [5.74, 6) is -0.134. The summed E-state index contributed by atoms with van der Waals surface area (Å²) in [4.78, 5) is 12.2. The van der Waals surface area contributed by atoms with Gasteiger partial charge < -0.3 is 0 Å². The summed E-state index contributed by atoms with van der Waals surface area (Å²) in [7, 11) is -3.52. The van der Waals surface area contributed by atoms with Gasteiger partial charge in [-0.3, -0.25) is 4.79 Å². The van der Waals surface area contributed by atoms with Gasteiger partial charge in [0.2, 0.25) is 10.0 Å². The molecule has 0 saturated carbocycles. The number of nitrogens with zero attached hydrogens (tertiary/aromatic N) is 1. The molecular formula is C16H21NO3S. The van der Waals surface area contributed by atoms with Gasteiger partial charge in [-0.05, 0) is 32.4 Å². The number of benzene rings is 1. The molecule has 1 atom stereocenters. The standard InChI is InChI=1S/C16H21NO3S/c1-12(2)10-14-11-17(9-8-16(14)18)21(19,20)15-6-4-13(3)5-7-15/h4-7,14H,1,8-11H2,2-3H3/t14-/m0/s1. The van der Waals surface area contributed by atoms with Crippen molar-refractivity contribution >= 4 is 15.8 Å². The molecule has 4 nitrogen and oxygen atoms in total. The first-order chi connectivity index (χ1) is 9.80. The fourth-order valence-corrected chi connectivity index (χ4v) is 4.04. The number of Topliss-reactive ketones (excluding diaryl/α,β-unsaturated/α-hetero) is 1. The van der Waals surface area contributed by atoms with E-state index in [1.165, 1.54) is 4.31 Å². The van der Waals surface area contributed by atoms with Crippen molar-refractivity contribution < 1.29 is 13.2 Å². The van der Waals surface area contributed by atoms with Crippen LogP contribution in [0.25, 0.3) is 0 Å². The van der Waals surface area contributed by atoms with Crippen molar-refractivity contribution in [2.75, 3.05) is 13.1 Å². The number of allylic oxidation sites excluding steroid dienone is 1. The molecule has 0 aromatic heterocycles. The highest BCUT2D eigenvalue weighted by Crippen LogP contribution is 2.25. The van der Waals surface area contributed by atoms with Crippen LogP contribution in [0.3, 0.4) is 0 Å². The van der Waals surface area contributed by atoms with Crippen molar-refractivity contribution in [3.05, 3.63) is 42.0 Å². The monoisotopic (exact) mass is 307 g/mol. The maximum atomic E-state index is 12.6. The normalized spacial score (nSPS) is 20.5. The molecule has 1 aliphatic heterocycles. The van der Waals surface area contributed by atoms with E-state index in [9.17, 15) is 13.2 Å². The first-order valence-corrected chi connectivity index (χ1v) is 8.48. The first-order valence-electron chi connectivity index (χ1n) is 7.04. The SMILES string of the molecule is C=C(C)C[C@H]1CN(S(=O)(=O)c2ccc(C)cc2)CCC1=O. The third kappa shape index (κ3) is 3.60.